The Balaban J connectivity index is 2.23. The number of amides is 1. The molecule has 0 saturated heterocycles. The van der Waals surface area contributed by atoms with Gasteiger partial charge in [-0.15, -0.1) is 0 Å². The highest BCUT2D eigenvalue weighted by molar-refractivity contribution is 14.1. The third kappa shape index (κ3) is 3.29. The van der Waals surface area contributed by atoms with Gasteiger partial charge < -0.3 is 10.4 Å². The van der Waals surface area contributed by atoms with Crippen molar-refractivity contribution in [1.82, 2.24) is 4.98 Å². The van der Waals surface area contributed by atoms with E-state index in [1.54, 1.807) is 0 Å². The molecule has 5 nitrogen and oxygen atoms in total. The molecule has 2 rings (SSSR count). The number of anilines is 1. The van der Waals surface area contributed by atoms with Gasteiger partial charge in [-0.1, -0.05) is 0 Å². The maximum atomic E-state index is 13.0. The maximum Gasteiger partial charge on any atom is 0.354 e. The molecule has 0 radical (unpaired) electrons. The molecular formula is C13H8FIN2O3. The molecule has 102 valence electrons. The van der Waals surface area contributed by atoms with E-state index in [9.17, 15) is 14.0 Å². The lowest BCUT2D eigenvalue weighted by Gasteiger charge is -2.07. The Kier molecular flexibility index (Phi) is 4.28. The molecule has 2 N–H and O–H groups in total. The van der Waals surface area contributed by atoms with E-state index >= 15 is 0 Å². The van der Waals surface area contributed by atoms with Crippen LogP contribution in [0.4, 0.5) is 10.1 Å². The number of hydrogen-bond acceptors (Lipinski definition) is 3. The summed E-state index contributed by atoms with van der Waals surface area (Å²) in [6.07, 6.45) is 1.29. The number of hydrogen-bond donors (Lipinski definition) is 2. The molecule has 2 aromatic rings. The molecule has 0 atom stereocenters. The second-order valence-electron chi connectivity index (χ2n) is 3.81. The Morgan fingerprint density at radius 3 is 2.65 bits per heavy atom. The maximum absolute atomic E-state index is 13.0. The molecule has 1 aromatic heterocycles. The molecule has 1 heterocycles. The molecule has 0 unspecified atom stereocenters. The molecular weight excluding hydrogens is 378 g/mol. The minimum atomic E-state index is -1.18. The summed E-state index contributed by atoms with van der Waals surface area (Å²) >= 11 is 1.85. The van der Waals surface area contributed by atoms with Crippen molar-refractivity contribution in [3.05, 3.63) is 57.2 Å². The van der Waals surface area contributed by atoms with E-state index in [4.69, 9.17) is 5.11 Å². The van der Waals surface area contributed by atoms with Crippen molar-refractivity contribution in [2.75, 3.05) is 5.32 Å². The standard InChI is InChI=1S/C13H8FIN2O3/c14-7-1-2-9(10(15)5-7)12(18)17-8-3-4-16-11(6-8)13(19)20/h1-6H,(H,19,20)(H,16,17,18). The lowest BCUT2D eigenvalue weighted by Crippen LogP contribution is -2.14. The second-order valence-corrected chi connectivity index (χ2v) is 4.98. The zero-order chi connectivity index (χ0) is 14.7. The van der Waals surface area contributed by atoms with Gasteiger partial charge in [0.1, 0.15) is 11.5 Å². The number of carbonyl (C=O) groups excluding carboxylic acids is 1. The predicted molar refractivity (Wildman–Crippen MR) is 78.3 cm³/mol. The summed E-state index contributed by atoms with van der Waals surface area (Å²) in [5, 5.41) is 11.4. The summed E-state index contributed by atoms with van der Waals surface area (Å²) < 4.78 is 13.4. The zero-order valence-corrected chi connectivity index (χ0v) is 12.1. The van der Waals surface area contributed by atoms with E-state index in [1.165, 1.54) is 36.5 Å². The van der Waals surface area contributed by atoms with Gasteiger partial charge in [-0.2, -0.15) is 0 Å². The Morgan fingerprint density at radius 2 is 2.00 bits per heavy atom. The van der Waals surface area contributed by atoms with Crippen LogP contribution < -0.4 is 5.32 Å². The minimum absolute atomic E-state index is 0.170. The number of benzene rings is 1. The smallest absolute Gasteiger partial charge is 0.354 e. The fourth-order valence-corrected chi connectivity index (χ4v) is 2.22. The number of aromatic carboxylic acids is 1. The van der Waals surface area contributed by atoms with Gasteiger partial charge in [0.15, 0.2) is 0 Å². The Hall–Kier alpha value is -2.03. The quantitative estimate of drug-likeness (QED) is 0.796. The number of pyridine rings is 1. The van der Waals surface area contributed by atoms with Crippen LogP contribution in [0.3, 0.4) is 0 Å². The molecule has 1 aromatic carbocycles. The Bertz CT molecular complexity index is 691. The van der Waals surface area contributed by atoms with E-state index < -0.39 is 17.7 Å². The van der Waals surface area contributed by atoms with Crippen LogP contribution >= 0.6 is 22.6 Å². The average molecular weight is 386 g/mol. The average Bonchev–Trinajstić information content (AvgIpc) is 2.38. The van der Waals surface area contributed by atoms with Gasteiger partial charge in [-0.3, -0.25) is 4.79 Å². The number of rotatable bonds is 3. The van der Waals surface area contributed by atoms with Crippen molar-refractivity contribution in [2.24, 2.45) is 0 Å². The first-order valence-corrected chi connectivity index (χ1v) is 6.51. The van der Waals surface area contributed by atoms with Gasteiger partial charge in [0.2, 0.25) is 0 Å². The Labute approximate surface area is 127 Å². The van der Waals surface area contributed by atoms with Crippen LogP contribution in [-0.4, -0.2) is 22.0 Å². The van der Waals surface area contributed by atoms with Crippen LogP contribution in [0.15, 0.2) is 36.5 Å². The van der Waals surface area contributed by atoms with Crippen LogP contribution in [0.2, 0.25) is 0 Å². The van der Waals surface area contributed by atoms with Crippen molar-refractivity contribution >= 4 is 40.2 Å². The SMILES string of the molecule is O=C(O)c1cc(NC(=O)c2ccc(F)cc2I)ccn1. The van der Waals surface area contributed by atoms with Crippen LogP contribution in [0.25, 0.3) is 0 Å². The molecule has 7 heteroatoms. The number of aromatic nitrogens is 1. The fourth-order valence-electron chi connectivity index (χ4n) is 1.50. The summed E-state index contributed by atoms with van der Waals surface area (Å²) in [4.78, 5) is 26.4. The topological polar surface area (TPSA) is 79.3 Å². The second kappa shape index (κ2) is 5.95. The number of nitrogens with one attached hydrogen (secondary N) is 1. The predicted octanol–water partition coefficient (Wildman–Crippen LogP) is 2.78. The van der Waals surface area contributed by atoms with Crippen molar-refractivity contribution < 1.29 is 19.1 Å². The lowest BCUT2D eigenvalue weighted by molar-refractivity contribution is 0.0690. The van der Waals surface area contributed by atoms with Crippen molar-refractivity contribution in [3.8, 4) is 0 Å². The molecule has 1 amide bonds. The van der Waals surface area contributed by atoms with E-state index in [-0.39, 0.29) is 5.69 Å². The van der Waals surface area contributed by atoms with Gasteiger partial charge in [-0.25, -0.2) is 14.2 Å². The molecule has 0 aliphatic rings. The minimum Gasteiger partial charge on any atom is -0.477 e. The molecule has 0 aliphatic heterocycles. The number of nitrogens with zero attached hydrogens (tertiary/aromatic N) is 1. The molecule has 0 bridgehead atoms. The van der Waals surface area contributed by atoms with Gasteiger partial charge in [0, 0.05) is 15.5 Å². The first kappa shape index (κ1) is 14.4. The number of carbonyl (C=O) groups is 2. The molecule has 0 aliphatic carbocycles. The summed E-state index contributed by atoms with van der Waals surface area (Å²) in [5.41, 5.74) is 0.444. The first-order chi connectivity index (χ1) is 9.47. The third-order valence-corrected chi connectivity index (χ3v) is 3.31. The summed E-state index contributed by atoms with van der Waals surface area (Å²) in [6, 6.07) is 6.51. The number of halogens is 2. The monoisotopic (exact) mass is 386 g/mol. The van der Waals surface area contributed by atoms with Crippen molar-refractivity contribution in [2.45, 2.75) is 0 Å². The summed E-state index contributed by atoms with van der Waals surface area (Å²) in [6.45, 7) is 0. The van der Waals surface area contributed by atoms with Gasteiger partial charge >= 0.3 is 5.97 Å². The highest BCUT2D eigenvalue weighted by atomic mass is 127. The van der Waals surface area contributed by atoms with Crippen LogP contribution in [0, 0.1) is 9.39 Å². The van der Waals surface area contributed by atoms with Crippen LogP contribution in [0.5, 0.6) is 0 Å². The molecule has 0 fully saturated rings. The highest BCUT2D eigenvalue weighted by Gasteiger charge is 2.12. The summed E-state index contributed by atoms with van der Waals surface area (Å²) in [5.74, 6) is -2.06. The zero-order valence-electron chi connectivity index (χ0n) is 9.93. The van der Waals surface area contributed by atoms with E-state index in [0.717, 1.165) is 0 Å². The highest BCUT2D eigenvalue weighted by Crippen LogP contribution is 2.16. The van der Waals surface area contributed by atoms with Crippen LogP contribution in [-0.2, 0) is 0 Å². The largest absolute Gasteiger partial charge is 0.477 e. The van der Waals surface area contributed by atoms with Crippen LogP contribution in [0.1, 0.15) is 20.8 Å². The van der Waals surface area contributed by atoms with Crippen molar-refractivity contribution in [1.29, 1.82) is 0 Å². The van der Waals surface area contributed by atoms with Gasteiger partial charge in [0.25, 0.3) is 5.91 Å². The molecule has 0 spiro atoms. The van der Waals surface area contributed by atoms with Gasteiger partial charge in [0.05, 0.1) is 5.56 Å². The summed E-state index contributed by atoms with van der Waals surface area (Å²) in [7, 11) is 0. The van der Waals surface area contributed by atoms with E-state index in [2.05, 4.69) is 10.3 Å². The Morgan fingerprint density at radius 1 is 1.25 bits per heavy atom. The molecule has 0 saturated carbocycles. The van der Waals surface area contributed by atoms with Gasteiger partial charge in [-0.05, 0) is 52.9 Å². The normalized spacial score (nSPS) is 10.1. The van der Waals surface area contributed by atoms with Crippen molar-refractivity contribution in [3.63, 3.8) is 0 Å². The third-order valence-electron chi connectivity index (χ3n) is 2.41. The van der Waals surface area contributed by atoms with E-state index in [0.29, 0.717) is 14.8 Å². The first-order valence-electron chi connectivity index (χ1n) is 5.43. The number of carboxylic acids is 1. The lowest BCUT2D eigenvalue weighted by atomic mass is 10.2. The molecule has 20 heavy (non-hydrogen) atoms. The fraction of sp³-hybridized carbons (Fsp3) is 0. The van der Waals surface area contributed by atoms with E-state index in [1.807, 2.05) is 22.6 Å². The number of carboxylic acid groups (broad SMARTS) is 1.